The van der Waals surface area contributed by atoms with Crippen molar-refractivity contribution in [2.24, 2.45) is 0 Å². The molecule has 0 N–H and O–H groups in total. The number of likely N-dealkylation sites (tertiary alicyclic amines) is 2. The van der Waals surface area contributed by atoms with Gasteiger partial charge in [-0.3, -0.25) is 4.90 Å². The van der Waals surface area contributed by atoms with E-state index in [1.807, 2.05) is 25.2 Å². The van der Waals surface area contributed by atoms with Gasteiger partial charge in [-0.05, 0) is 102 Å². The van der Waals surface area contributed by atoms with Gasteiger partial charge < -0.3 is 9.64 Å². The number of hydrogen-bond acceptors (Lipinski definition) is 5. The molecule has 0 amide bonds. The van der Waals surface area contributed by atoms with Gasteiger partial charge >= 0.3 is 0 Å². The summed E-state index contributed by atoms with van der Waals surface area (Å²) in [4.78, 5) is 11.9. The molecule has 3 aliphatic rings. The van der Waals surface area contributed by atoms with Crippen LogP contribution >= 0.6 is 11.3 Å². The third-order valence-corrected chi connectivity index (χ3v) is 8.65. The van der Waals surface area contributed by atoms with Gasteiger partial charge in [0.1, 0.15) is 10.8 Å². The highest BCUT2D eigenvalue weighted by atomic mass is 32.1. The Morgan fingerprint density at radius 3 is 2.48 bits per heavy atom. The zero-order valence-corrected chi connectivity index (χ0v) is 21.8. The first kappa shape index (κ1) is 24.7. The van der Waals surface area contributed by atoms with Crippen molar-refractivity contribution < 1.29 is 4.74 Å². The molecule has 2 saturated heterocycles. The fourth-order valence-corrected chi connectivity index (χ4v) is 6.86. The highest BCUT2D eigenvalue weighted by molar-refractivity contribution is 7.15. The molecule has 5 rings (SSSR count). The predicted molar refractivity (Wildman–Crippen MR) is 140 cm³/mol. The number of aromatic nitrogens is 1. The number of benzene rings is 1. The zero-order valence-electron chi connectivity index (χ0n) is 21.0. The van der Waals surface area contributed by atoms with Crippen molar-refractivity contribution in [1.82, 2.24) is 14.8 Å². The Morgan fingerprint density at radius 1 is 0.970 bits per heavy atom. The first-order valence-electron chi connectivity index (χ1n) is 13.5. The largest absolute Gasteiger partial charge is 0.494 e. The molecule has 2 unspecified atom stereocenters. The molecule has 0 saturated carbocycles. The van der Waals surface area contributed by atoms with Crippen LogP contribution in [0.5, 0.6) is 5.75 Å². The van der Waals surface area contributed by atoms with Crippen LogP contribution in [0.25, 0.3) is 10.6 Å². The number of ether oxygens (including phenoxy) is 1. The zero-order chi connectivity index (χ0) is 23.0. The molecule has 2 aromatic rings. The van der Waals surface area contributed by atoms with Crippen LogP contribution in [0.2, 0.25) is 0 Å². The molecule has 33 heavy (non-hydrogen) atoms. The Bertz CT molecular complexity index is 843. The van der Waals surface area contributed by atoms with Gasteiger partial charge in [0.25, 0.3) is 0 Å². The molecular weight excluding hydrogens is 426 g/mol. The predicted octanol–water partition coefficient (Wildman–Crippen LogP) is 6.95. The van der Waals surface area contributed by atoms with Gasteiger partial charge in [0.05, 0.1) is 12.3 Å². The molecule has 0 radical (unpaired) electrons. The summed E-state index contributed by atoms with van der Waals surface area (Å²) in [6, 6.07) is 9.98. The molecule has 5 heteroatoms. The maximum absolute atomic E-state index is 6.02. The lowest BCUT2D eigenvalue weighted by molar-refractivity contribution is 0.151. The summed E-state index contributed by atoms with van der Waals surface area (Å²) in [7, 11) is 0. The smallest absolute Gasteiger partial charge is 0.123 e. The molecule has 0 bridgehead atoms. The summed E-state index contributed by atoms with van der Waals surface area (Å²) in [6.07, 6.45) is 11.6. The minimum absolute atomic E-state index is 0.608. The minimum atomic E-state index is 0.608. The van der Waals surface area contributed by atoms with Crippen LogP contribution in [-0.2, 0) is 6.42 Å². The van der Waals surface area contributed by atoms with Gasteiger partial charge in [-0.15, -0.1) is 11.3 Å². The van der Waals surface area contributed by atoms with Crippen LogP contribution < -0.4 is 4.74 Å². The second-order valence-corrected chi connectivity index (χ2v) is 10.6. The summed E-state index contributed by atoms with van der Waals surface area (Å²) in [5.74, 6) is 0.978. The topological polar surface area (TPSA) is 28.6 Å². The van der Waals surface area contributed by atoms with Crippen LogP contribution in [0, 0.1) is 0 Å². The van der Waals surface area contributed by atoms with E-state index in [1.54, 1.807) is 4.88 Å². The number of aryl methyl sites for hydroxylation is 1. The van der Waals surface area contributed by atoms with Crippen LogP contribution in [0.4, 0.5) is 0 Å². The average Bonchev–Trinajstić information content (AvgIpc) is 3.50. The van der Waals surface area contributed by atoms with Gasteiger partial charge in [-0.1, -0.05) is 20.3 Å². The third kappa shape index (κ3) is 6.17. The van der Waals surface area contributed by atoms with Crippen molar-refractivity contribution in [3.05, 3.63) is 34.8 Å². The van der Waals surface area contributed by atoms with Gasteiger partial charge in [0.2, 0.25) is 0 Å². The molecule has 3 heterocycles. The molecule has 2 fully saturated rings. The first-order chi connectivity index (χ1) is 16.3. The Balaban J connectivity index is 0.00000126. The summed E-state index contributed by atoms with van der Waals surface area (Å²) in [5.41, 5.74) is 2.59. The van der Waals surface area contributed by atoms with Gasteiger partial charge in [0.15, 0.2) is 0 Å². The number of thiazole rings is 1. The van der Waals surface area contributed by atoms with E-state index in [1.165, 1.54) is 80.8 Å². The van der Waals surface area contributed by atoms with Crippen molar-refractivity contribution in [1.29, 1.82) is 0 Å². The number of rotatable bonds is 7. The van der Waals surface area contributed by atoms with Crippen LogP contribution in [0.3, 0.4) is 0 Å². The lowest BCUT2D eigenvalue weighted by Crippen LogP contribution is -2.34. The van der Waals surface area contributed by atoms with E-state index in [9.17, 15) is 0 Å². The number of hydrogen-bond donors (Lipinski definition) is 0. The molecule has 182 valence electrons. The van der Waals surface area contributed by atoms with E-state index in [2.05, 4.69) is 41.0 Å². The third-order valence-electron chi connectivity index (χ3n) is 7.40. The van der Waals surface area contributed by atoms with Gasteiger partial charge in [-0.2, -0.15) is 0 Å². The van der Waals surface area contributed by atoms with Crippen molar-refractivity contribution >= 4 is 11.3 Å². The van der Waals surface area contributed by atoms with Gasteiger partial charge in [-0.25, -0.2) is 4.98 Å². The first-order valence-corrected chi connectivity index (χ1v) is 14.3. The van der Waals surface area contributed by atoms with Crippen LogP contribution in [-0.4, -0.2) is 53.6 Å². The second-order valence-electron chi connectivity index (χ2n) is 9.59. The fourth-order valence-electron chi connectivity index (χ4n) is 5.58. The summed E-state index contributed by atoms with van der Waals surface area (Å²) < 4.78 is 6.02. The van der Waals surface area contributed by atoms with Crippen molar-refractivity contribution in [3.63, 3.8) is 0 Å². The average molecular weight is 470 g/mol. The Kier molecular flexibility index (Phi) is 9.22. The van der Waals surface area contributed by atoms with E-state index in [0.717, 1.165) is 37.8 Å². The van der Waals surface area contributed by atoms with Crippen LogP contribution in [0.15, 0.2) is 24.3 Å². The van der Waals surface area contributed by atoms with E-state index in [0.29, 0.717) is 6.04 Å². The monoisotopic (exact) mass is 469 g/mol. The summed E-state index contributed by atoms with van der Waals surface area (Å²) in [6.45, 7) is 12.1. The normalized spacial score (nSPS) is 23.6. The lowest BCUT2D eigenvalue weighted by atomic mass is 9.95. The molecule has 2 aliphatic heterocycles. The van der Waals surface area contributed by atoms with Gasteiger partial charge in [0, 0.05) is 29.1 Å². The Hall–Kier alpha value is -1.43. The number of piperidine rings is 1. The highest BCUT2D eigenvalue weighted by Gasteiger charge is 2.30. The Morgan fingerprint density at radius 2 is 1.76 bits per heavy atom. The number of nitrogens with zero attached hydrogens (tertiary/aromatic N) is 3. The van der Waals surface area contributed by atoms with E-state index in [-0.39, 0.29) is 0 Å². The lowest BCUT2D eigenvalue weighted by Gasteiger charge is -2.36. The summed E-state index contributed by atoms with van der Waals surface area (Å²) >= 11 is 1.93. The maximum atomic E-state index is 6.02. The molecular formula is C28H43N3OS. The number of fused-ring (bicyclic) bond motifs is 1. The molecule has 4 nitrogen and oxygen atoms in total. The van der Waals surface area contributed by atoms with Crippen LogP contribution in [0.1, 0.15) is 88.8 Å². The molecule has 1 aromatic carbocycles. The van der Waals surface area contributed by atoms with Crippen molar-refractivity contribution in [2.75, 3.05) is 32.8 Å². The Labute approximate surface area is 205 Å². The molecule has 2 atom stereocenters. The summed E-state index contributed by atoms with van der Waals surface area (Å²) in [5, 5.41) is 1.18. The van der Waals surface area contributed by atoms with E-state index >= 15 is 0 Å². The maximum Gasteiger partial charge on any atom is 0.123 e. The quantitative estimate of drug-likeness (QED) is 0.410. The molecule has 0 spiro atoms. The van der Waals surface area contributed by atoms with E-state index in [4.69, 9.17) is 9.72 Å². The van der Waals surface area contributed by atoms with E-state index < -0.39 is 0 Å². The fraction of sp³-hybridized carbons (Fsp3) is 0.679. The van der Waals surface area contributed by atoms with Crippen molar-refractivity contribution in [2.45, 2.75) is 90.6 Å². The second kappa shape index (κ2) is 12.3. The highest BCUT2D eigenvalue weighted by Crippen LogP contribution is 2.41. The SMILES string of the molecule is CC.CC1CCCN1CCCOc1ccc(-c2nc3c(s2)C(N2CCCCC2)CCC3)cc1. The van der Waals surface area contributed by atoms with Crippen molar-refractivity contribution in [3.8, 4) is 16.3 Å². The molecule has 1 aromatic heterocycles. The standard InChI is InChI=1S/C26H37N3OS.C2H6/c1-20-8-6-17-28(20)18-7-19-30-22-13-11-21(12-14-22)26-27-23-9-5-10-24(25(23)31-26)29-15-3-2-4-16-29;1-2/h11-14,20,24H,2-10,15-19H2,1H3;1-2H3. The molecule has 1 aliphatic carbocycles. The minimum Gasteiger partial charge on any atom is -0.494 e.